The number of benzene rings is 1. The fourth-order valence-corrected chi connectivity index (χ4v) is 4.06. The summed E-state index contributed by atoms with van der Waals surface area (Å²) in [5.74, 6) is 0.405. The van der Waals surface area contributed by atoms with Gasteiger partial charge in [0.1, 0.15) is 5.75 Å². The van der Waals surface area contributed by atoms with Crippen molar-refractivity contribution in [2.24, 2.45) is 0 Å². The first-order valence-electron chi connectivity index (χ1n) is 7.38. The molecule has 0 amide bonds. The van der Waals surface area contributed by atoms with Crippen molar-refractivity contribution in [1.82, 2.24) is 4.90 Å². The highest BCUT2D eigenvalue weighted by molar-refractivity contribution is 5.34. The van der Waals surface area contributed by atoms with Crippen LogP contribution in [0.4, 0.5) is 0 Å². The van der Waals surface area contributed by atoms with Crippen molar-refractivity contribution < 1.29 is 5.11 Å². The van der Waals surface area contributed by atoms with E-state index >= 15 is 0 Å². The lowest BCUT2D eigenvalue weighted by Gasteiger charge is -2.50. The van der Waals surface area contributed by atoms with Gasteiger partial charge in [0, 0.05) is 12.6 Å². The number of likely N-dealkylation sites (tertiary alicyclic amines) is 1. The molecule has 19 heavy (non-hydrogen) atoms. The maximum absolute atomic E-state index is 9.75. The summed E-state index contributed by atoms with van der Waals surface area (Å²) in [6.45, 7) is 6.05. The molecular formula is C17H23NO. The van der Waals surface area contributed by atoms with Gasteiger partial charge in [-0.3, -0.25) is 4.90 Å². The van der Waals surface area contributed by atoms with Crippen LogP contribution in [0, 0.1) is 0 Å². The molecule has 1 saturated heterocycles. The number of piperidine rings is 1. The van der Waals surface area contributed by atoms with Gasteiger partial charge >= 0.3 is 0 Å². The van der Waals surface area contributed by atoms with Crippen molar-refractivity contribution >= 4 is 0 Å². The molecule has 0 unspecified atom stereocenters. The second-order valence-corrected chi connectivity index (χ2v) is 6.11. The fraction of sp³-hybridized carbons (Fsp3) is 0.529. The number of phenols is 1. The summed E-state index contributed by atoms with van der Waals surface area (Å²) < 4.78 is 0. The summed E-state index contributed by atoms with van der Waals surface area (Å²) in [7, 11) is 0. The van der Waals surface area contributed by atoms with Gasteiger partial charge in [0.05, 0.1) is 0 Å². The van der Waals surface area contributed by atoms with E-state index in [1.807, 2.05) is 18.2 Å². The van der Waals surface area contributed by atoms with E-state index in [-0.39, 0.29) is 0 Å². The van der Waals surface area contributed by atoms with Gasteiger partial charge < -0.3 is 5.11 Å². The molecule has 1 aromatic rings. The van der Waals surface area contributed by atoms with Crippen molar-refractivity contribution in [1.29, 1.82) is 0 Å². The van der Waals surface area contributed by atoms with E-state index in [2.05, 4.69) is 17.5 Å². The molecule has 1 saturated carbocycles. The molecule has 1 aliphatic carbocycles. The number of hydrogen-bond donors (Lipinski definition) is 1. The van der Waals surface area contributed by atoms with Crippen LogP contribution < -0.4 is 0 Å². The van der Waals surface area contributed by atoms with E-state index in [1.165, 1.54) is 37.7 Å². The molecule has 1 aliphatic heterocycles. The Balaban J connectivity index is 1.87. The smallest absolute Gasteiger partial charge is 0.115 e. The van der Waals surface area contributed by atoms with E-state index in [4.69, 9.17) is 0 Å². The summed E-state index contributed by atoms with van der Waals surface area (Å²) in [5, 5.41) is 9.75. The Morgan fingerprint density at radius 3 is 3.11 bits per heavy atom. The molecule has 1 N–H and O–H groups in total. The molecule has 0 spiro atoms. The van der Waals surface area contributed by atoms with E-state index in [0.717, 1.165) is 13.1 Å². The summed E-state index contributed by atoms with van der Waals surface area (Å²) in [6.07, 6.45) is 8.36. The van der Waals surface area contributed by atoms with Crippen LogP contribution in [0.5, 0.6) is 5.75 Å². The van der Waals surface area contributed by atoms with E-state index in [9.17, 15) is 5.11 Å². The highest BCUT2D eigenvalue weighted by atomic mass is 16.3. The molecule has 2 bridgehead atoms. The number of fused-ring (bicyclic) bond motifs is 2. The number of rotatable bonds is 3. The molecule has 2 aliphatic rings. The van der Waals surface area contributed by atoms with Crippen LogP contribution in [0.15, 0.2) is 36.9 Å². The second kappa shape index (κ2) is 5.01. The van der Waals surface area contributed by atoms with Crippen molar-refractivity contribution in [3.63, 3.8) is 0 Å². The van der Waals surface area contributed by atoms with Crippen LogP contribution in [0.3, 0.4) is 0 Å². The van der Waals surface area contributed by atoms with Crippen LogP contribution in [0.25, 0.3) is 0 Å². The third-order valence-electron chi connectivity index (χ3n) is 5.04. The van der Waals surface area contributed by atoms with Gasteiger partial charge in [-0.1, -0.05) is 24.6 Å². The normalized spacial score (nSPS) is 31.1. The maximum Gasteiger partial charge on any atom is 0.115 e. The molecule has 2 nitrogen and oxygen atoms in total. The number of aromatic hydroxyl groups is 1. The summed E-state index contributed by atoms with van der Waals surface area (Å²) >= 11 is 0. The Hall–Kier alpha value is -1.28. The number of phenolic OH excluding ortho intramolecular Hbond substituents is 1. The average molecular weight is 257 g/mol. The topological polar surface area (TPSA) is 23.5 Å². The van der Waals surface area contributed by atoms with Crippen molar-refractivity contribution in [3.05, 3.63) is 42.5 Å². The number of nitrogens with zero attached hydrogens (tertiary/aromatic N) is 1. The molecule has 3 rings (SSSR count). The van der Waals surface area contributed by atoms with Gasteiger partial charge in [-0.2, -0.15) is 0 Å². The molecule has 0 aromatic heterocycles. The average Bonchev–Trinajstić information content (AvgIpc) is 2.43. The molecule has 2 heteroatoms. The predicted molar refractivity (Wildman–Crippen MR) is 78.4 cm³/mol. The maximum atomic E-state index is 9.75. The highest BCUT2D eigenvalue weighted by Crippen LogP contribution is 2.47. The molecule has 0 radical (unpaired) electrons. The quantitative estimate of drug-likeness (QED) is 0.838. The van der Waals surface area contributed by atoms with Gasteiger partial charge in [0.15, 0.2) is 0 Å². The van der Waals surface area contributed by atoms with Crippen LogP contribution in [-0.2, 0) is 5.41 Å². The Morgan fingerprint density at radius 2 is 2.32 bits per heavy atom. The first-order valence-corrected chi connectivity index (χ1v) is 7.38. The highest BCUT2D eigenvalue weighted by Gasteiger charge is 2.43. The molecule has 2 atom stereocenters. The van der Waals surface area contributed by atoms with Gasteiger partial charge in [0.25, 0.3) is 0 Å². The molecular weight excluding hydrogens is 234 g/mol. The fourth-order valence-electron chi connectivity index (χ4n) is 4.06. The van der Waals surface area contributed by atoms with Crippen molar-refractivity contribution in [3.8, 4) is 5.75 Å². The van der Waals surface area contributed by atoms with Gasteiger partial charge in [0.2, 0.25) is 0 Å². The Bertz CT molecular complexity index is 470. The largest absolute Gasteiger partial charge is 0.508 e. The van der Waals surface area contributed by atoms with Crippen molar-refractivity contribution in [2.75, 3.05) is 13.1 Å². The van der Waals surface area contributed by atoms with Crippen LogP contribution in [-0.4, -0.2) is 29.1 Å². The first-order chi connectivity index (χ1) is 9.23. The lowest BCUT2D eigenvalue weighted by molar-refractivity contribution is 0.0606. The standard InChI is InChI=1S/C17H23NO/c1-2-10-18-11-9-17(8-4-6-15(18)13-17)14-5-3-7-16(19)12-14/h2-3,5,7,12,15,19H,1,4,6,8-11,13H2/t15-,17+/m0/s1. The molecule has 1 heterocycles. The molecule has 1 aromatic carbocycles. The van der Waals surface area contributed by atoms with Gasteiger partial charge in [-0.15, -0.1) is 6.58 Å². The predicted octanol–water partition coefficient (Wildman–Crippen LogP) is 3.46. The Labute approximate surface area is 115 Å². The van der Waals surface area contributed by atoms with Gasteiger partial charge in [-0.05, 0) is 55.3 Å². The summed E-state index contributed by atoms with van der Waals surface area (Å²) in [5.41, 5.74) is 1.65. The van der Waals surface area contributed by atoms with Crippen LogP contribution in [0.1, 0.15) is 37.7 Å². The van der Waals surface area contributed by atoms with Crippen LogP contribution >= 0.6 is 0 Å². The molecule has 2 fully saturated rings. The lowest BCUT2D eigenvalue weighted by Crippen LogP contribution is -2.51. The first kappa shape index (κ1) is 12.7. The summed E-state index contributed by atoms with van der Waals surface area (Å²) in [6, 6.07) is 8.63. The zero-order valence-corrected chi connectivity index (χ0v) is 11.5. The zero-order valence-electron chi connectivity index (χ0n) is 11.5. The van der Waals surface area contributed by atoms with E-state index in [0.29, 0.717) is 17.2 Å². The second-order valence-electron chi connectivity index (χ2n) is 6.11. The minimum Gasteiger partial charge on any atom is -0.508 e. The number of hydrogen-bond acceptors (Lipinski definition) is 2. The van der Waals surface area contributed by atoms with E-state index < -0.39 is 0 Å². The third kappa shape index (κ3) is 2.30. The SMILES string of the molecule is C=CCN1CC[C@]2(c3cccc(O)c3)CCC[C@H]1C2. The Morgan fingerprint density at radius 1 is 1.42 bits per heavy atom. The van der Waals surface area contributed by atoms with Crippen molar-refractivity contribution in [2.45, 2.75) is 43.6 Å². The molecule has 102 valence electrons. The lowest BCUT2D eigenvalue weighted by atomic mass is 9.63. The third-order valence-corrected chi connectivity index (χ3v) is 5.04. The van der Waals surface area contributed by atoms with E-state index in [1.54, 1.807) is 6.07 Å². The minimum absolute atomic E-state index is 0.305. The van der Waals surface area contributed by atoms with Crippen LogP contribution in [0.2, 0.25) is 0 Å². The Kier molecular flexibility index (Phi) is 3.36. The summed E-state index contributed by atoms with van der Waals surface area (Å²) in [4.78, 5) is 2.58. The van der Waals surface area contributed by atoms with Gasteiger partial charge in [-0.25, -0.2) is 0 Å². The monoisotopic (exact) mass is 257 g/mol. The minimum atomic E-state index is 0.305. The zero-order chi connectivity index (χ0) is 13.3.